The number of benzene rings is 1. The number of aliphatic imine (C=N–C) groups is 1. The Morgan fingerprint density at radius 1 is 0.983 bits per heavy atom. The van der Waals surface area contributed by atoms with E-state index in [9.17, 15) is 28.8 Å². The van der Waals surface area contributed by atoms with E-state index in [1.165, 1.54) is 16.2 Å². The minimum atomic E-state index is -1.12. The molecule has 320 valence electrons. The van der Waals surface area contributed by atoms with Gasteiger partial charge in [-0.25, -0.2) is 4.98 Å². The zero-order valence-electron chi connectivity index (χ0n) is 36.0. The van der Waals surface area contributed by atoms with Crippen LogP contribution in [-0.4, -0.2) is 94.3 Å². The summed E-state index contributed by atoms with van der Waals surface area (Å²) in [5.74, 6) is -0.825. The number of amides is 5. The third-order valence-corrected chi connectivity index (χ3v) is 11.9. The Kier molecular flexibility index (Phi) is 15.6. The van der Waals surface area contributed by atoms with Gasteiger partial charge in [0.2, 0.25) is 29.5 Å². The Hall–Kier alpha value is -5.10. The summed E-state index contributed by atoms with van der Waals surface area (Å²) in [4.78, 5) is 94.3. The number of fused-ring (bicyclic) bond motifs is 1. The van der Waals surface area contributed by atoms with Crippen molar-refractivity contribution in [2.45, 2.75) is 131 Å². The number of carbonyl (C=O) groups excluding carboxylic acids is 6. The highest BCUT2D eigenvalue weighted by atomic mass is 32.1. The number of nitrogens with one attached hydrogen (secondary N) is 5. The summed E-state index contributed by atoms with van der Waals surface area (Å²) in [6.07, 6.45) is 7.44. The molecule has 1 saturated heterocycles. The first-order valence-corrected chi connectivity index (χ1v) is 21.2. The molecule has 0 saturated carbocycles. The molecule has 0 radical (unpaired) electrons. The van der Waals surface area contributed by atoms with Crippen LogP contribution in [-0.2, 0) is 28.8 Å². The van der Waals surface area contributed by atoms with Crippen LogP contribution < -0.4 is 26.6 Å². The first-order valence-electron chi connectivity index (χ1n) is 20.3. The van der Waals surface area contributed by atoms with Gasteiger partial charge in [-0.15, -0.1) is 17.8 Å². The van der Waals surface area contributed by atoms with E-state index < -0.39 is 70.7 Å². The van der Waals surface area contributed by atoms with E-state index in [2.05, 4.69) is 37.5 Å². The first kappa shape index (κ1) is 46.6. The van der Waals surface area contributed by atoms with Gasteiger partial charge in [-0.3, -0.25) is 33.8 Å². The van der Waals surface area contributed by atoms with Crippen LogP contribution in [0.4, 0.5) is 0 Å². The van der Waals surface area contributed by atoms with Crippen molar-refractivity contribution in [1.29, 1.82) is 0 Å². The maximum atomic E-state index is 14.8. The zero-order valence-corrected chi connectivity index (χ0v) is 36.9. The molecule has 2 aliphatic rings. The van der Waals surface area contributed by atoms with Crippen molar-refractivity contribution in [3.05, 3.63) is 52.5 Å². The first-order chi connectivity index (χ1) is 27.6. The number of terminal acetylenes is 1. The Balaban J connectivity index is 1.76. The molecule has 59 heavy (non-hydrogen) atoms. The van der Waals surface area contributed by atoms with Gasteiger partial charge in [0.1, 0.15) is 47.3 Å². The topological polar surface area (TPSA) is 191 Å². The maximum Gasteiger partial charge on any atom is 0.244 e. The van der Waals surface area contributed by atoms with Gasteiger partial charge in [0.05, 0.1) is 18.5 Å². The maximum absolute atomic E-state index is 14.8. The number of thiazole rings is 1. The lowest BCUT2D eigenvalue weighted by molar-refractivity contribution is -0.140. The summed E-state index contributed by atoms with van der Waals surface area (Å²) in [5.41, 5.74) is -0.712. The van der Waals surface area contributed by atoms with Crippen molar-refractivity contribution in [3.8, 4) is 12.3 Å². The molecule has 3 heterocycles. The fraction of sp³-hybridized carbons (Fsp3) is 0.591. The second-order valence-corrected chi connectivity index (χ2v) is 19.1. The fourth-order valence-electron chi connectivity index (χ4n) is 7.50. The van der Waals surface area contributed by atoms with Gasteiger partial charge in [-0.1, -0.05) is 105 Å². The Labute approximate surface area is 352 Å². The lowest BCUT2D eigenvalue weighted by Gasteiger charge is -2.39. The van der Waals surface area contributed by atoms with Crippen LogP contribution in [0.15, 0.2) is 46.9 Å². The monoisotopic (exact) mass is 830 g/mol. The van der Waals surface area contributed by atoms with Gasteiger partial charge in [-0.2, -0.15) is 0 Å². The highest BCUT2D eigenvalue weighted by Crippen LogP contribution is 2.29. The predicted molar refractivity (Wildman–Crippen MR) is 229 cm³/mol. The van der Waals surface area contributed by atoms with Gasteiger partial charge < -0.3 is 31.5 Å². The van der Waals surface area contributed by atoms with Gasteiger partial charge in [0.25, 0.3) is 0 Å². The molecule has 14 nitrogen and oxygen atoms in total. The smallest absolute Gasteiger partial charge is 0.244 e. The number of carbonyl (C=O) groups is 6. The standard InChI is InChI=1S/C44H62N8O6S/c1-12-16-29(53)23-30(42-45-20-22-59-42)47-39(56)33(27(5)28-17-14-13-15-18-28)49-41(58)36(44(9,10)11)50-37-35(43(6,7)8)51-38(55)32(25(2)3)48-40(57)34-26(4)19-21-52(34)31(54)24-46-37/h1,13-15,17-18,20,22,25-27,30,32-36H,16,19,21,23-24H2,2-11H3,(H,46,50)(H,47,56)(H,48,57)(H,49,58)(H,51,55)/t26-,27+,30-,32+,33?,34+,35?,36?/m1/s1. The van der Waals surface area contributed by atoms with Gasteiger partial charge in [-0.05, 0) is 34.7 Å². The summed E-state index contributed by atoms with van der Waals surface area (Å²) < 4.78 is 0. The number of Topliss-reactive ketones (excluding diaryl/α,β-unsaturated/α-hetero) is 1. The molecule has 15 heteroatoms. The predicted octanol–water partition coefficient (Wildman–Crippen LogP) is 3.90. The van der Waals surface area contributed by atoms with Crippen molar-refractivity contribution in [2.24, 2.45) is 27.7 Å². The SMILES string of the molecule is C#CCC(=O)C[C@@H](NC(=O)C(NC(=O)C(NC1=NCC(=O)N2CC[C@@H](C)[C@H]2C(=O)N[C@@H](C(C)C)C(=O)NC1C(C)(C)C)C(C)(C)C)[C@@H](C)c1ccccc1)c1nccs1. The number of amidine groups is 1. The second-order valence-electron chi connectivity index (χ2n) is 18.2. The van der Waals surface area contributed by atoms with Gasteiger partial charge in [0, 0.05) is 30.5 Å². The number of aromatic nitrogens is 1. The van der Waals surface area contributed by atoms with Crippen molar-refractivity contribution in [1.82, 2.24) is 36.5 Å². The van der Waals surface area contributed by atoms with Crippen molar-refractivity contribution >= 4 is 52.5 Å². The summed E-state index contributed by atoms with van der Waals surface area (Å²) in [6.45, 7) is 18.8. The average molecular weight is 831 g/mol. The molecule has 5 N–H and O–H groups in total. The van der Waals surface area contributed by atoms with E-state index in [0.29, 0.717) is 18.0 Å². The van der Waals surface area contributed by atoms with Crippen LogP contribution >= 0.6 is 11.3 Å². The highest BCUT2D eigenvalue weighted by Gasteiger charge is 2.44. The molecule has 8 atom stereocenters. The summed E-state index contributed by atoms with van der Waals surface area (Å²) >= 11 is 1.29. The Bertz CT molecular complexity index is 1900. The zero-order chi connectivity index (χ0) is 43.8. The van der Waals surface area contributed by atoms with E-state index in [4.69, 9.17) is 11.4 Å². The molecule has 0 spiro atoms. The number of rotatable bonds is 12. The Morgan fingerprint density at radius 2 is 1.66 bits per heavy atom. The highest BCUT2D eigenvalue weighted by molar-refractivity contribution is 7.09. The van der Waals surface area contributed by atoms with Crippen LogP contribution in [0.2, 0.25) is 0 Å². The molecule has 1 aromatic carbocycles. The molecule has 4 rings (SSSR count). The summed E-state index contributed by atoms with van der Waals surface area (Å²) in [7, 11) is 0. The third-order valence-electron chi connectivity index (χ3n) is 11.0. The number of hydrogen-bond acceptors (Lipinski definition) is 10. The third kappa shape index (κ3) is 12.0. The molecule has 0 bridgehead atoms. The van der Waals surface area contributed by atoms with Gasteiger partial charge >= 0.3 is 0 Å². The average Bonchev–Trinajstić information content (AvgIpc) is 3.84. The lowest BCUT2D eigenvalue weighted by Crippen LogP contribution is -2.65. The van der Waals surface area contributed by atoms with Crippen LogP contribution in [0, 0.1) is 35.0 Å². The van der Waals surface area contributed by atoms with E-state index in [-0.39, 0.29) is 54.7 Å². The van der Waals surface area contributed by atoms with E-state index in [0.717, 1.165) is 5.56 Å². The molecular weight excluding hydrogens is 769 g/mol. The molecular formula is C44H62N8O6S. The molecule has 2 aliphatic heterocycles. The molecule has 0 aliphatic carbocycles. The second kappa shape index (κ2) is 19.8. The minimum Gasteiger partial charge on any atom is -0.360 e. The molecule has 3 unspecified atom stereocenters. The van der Waals surface area contributed by atoms with E-state index >= 15 is 0 Å². The number of hydrogen-bond donors (Lipinski definition) is 5. The quantitative estimate of drug-likeness (QED) is 0.199. The lowest BCUT2D eigenvalue weighted by atomic mass is 9.82. The Morgan fingerprint density at radius 3 is 2.24 bits per heavy atom. The van der Waals surface area contributed by atoms with Crippen molar-refractivity contribution in [2.75, 3.05) is 13.1 Å². The molecule has 1 aromatic heterocycles. The van der Waals surface area contributed by atoms with E-state index in [1.807, 2.05) is 99.6 Å². The van der Waals surface area contributed by atoms with Crippen LogP contribution in [0.25, 0.3) is 0 Å². The molecule has 2 aromatic rings. The van der Waals surface area contributed by atoms with Crippen molar-refractivity contribution in [3.63, 3.8) is 0 Å². The summed E-state index contributed by atoms with van der Waals surface area (Å²) in [5, 5.41) is 17.7. The molecule has 1 fully saturated rings. The fourth-order valence-corrected chi connectivity index (χ4v) is 8.19. The number of nitrogens with zero attached hydrogens (tertiary/aromatic N) is 3. The minimum absolute atomic E-state index is 0.0765. The molecule has 5 amide bonds. The summed E-state index contributed by atoms with van der Waals surface area (Å²) in [6, 6.07) is 3.86. The normalized spacial score (nSPS) is 22.5. The van der Waals surface area contributed by atoms with Gasteiger partial charge in [0.15, 0.2) is 0 Å². The van der Waals surface area contributed by atoms with Crippen molar-refractivity contribution < 1.29 is 28.8 Å². The van der Waals surface area contributed by atoms with E-state index in [1.54, 1.807) is 11.6 Å². The number of ketones is 1. The largest absolute Gasteiger partial charge is 0.360 e. The van der Waals surface area contributed by atoms with Crippen LogP contribution in [0.5, 0.6) is 0 Å². The van der Waals surface area contributed by atoms with Crippen LogP contribution in [0.1, 0.15) is 111 Å². The van der Waals surface area contributed by atoms with Crippen LogP contribution in [0.3, 0.4) is 0 Å².